The summed E-state index contributed by atoms with van der Waals surface area (Å²) >= 11 is 0. The number of esters is 1. The van der Waals surface area contributed by atoms with Crippen molar-refractivity contribution in [2.75, 3.05) is 27.2 Å². The molecule has 4 nitrogen and oxygen atoms in total. The van der Waals surface area contributed by atoms with E-state index >= 15 is 0 Å². The molecule has 0 radical (unpaired) electrons. The average Bonchev–Trinajstić information content (AvgIpc) is 2.27. The molecule has 3 aliphatic carbocycles. The van der Waals surface area contributed by atoms with Crippen LogP contribution in [0.25, 0.3) is 0 Å². The number of fused-ring (bicyclic) bond motifs is 2. The molecule has 0 spiro atoms. The quantitative estimate of drug-likeness (QED) is 0.769. The molecule has 3 aliphatic rings. The molecular formula is C14H25NO3. The maximum absolute atomic E-state index is 12.1. The minimum Gasteiger partial charge on any atom is -0.462 e. The molecule has 104 valence electrons. The van der Waals surface area contributed by atoms with Gasteiger partial charge >= 0.3 is 5.97 Å². The lowest BCUT2D eigenvalue weighted by molar-refractivity contribution is -0.222. The number of nitrogens with zero attached hydrogens (tertiary/aromatic N) is 1. The highest BCUT2D eigenvalue weighted by Gasteiger charge is 2.64. The molecule has 3 unspecified atom stereocenters. The molecule has 3 saturated carbocycles. The Morgan fingerprint density at radius 3 is 2.61 bits per heavy atom. The zero-order valence-electron chi connectivity index (χ0n) is 11.9. The van der Waals surface area contributed by atoms with Crippen LogP contribution in [-0.2, 0) is 9.53 Å². The molecule has 3 fully saturated rings. The van der Waals surface area contributed by atoms with Gasteiger partial charge in [0.2, 0.25) is 0 Å². The second-order valence-electron chi connectivity index (χ2n) is 6.71. The Bertz CT molecular complexity index is 338. The van der Waals surface area contributed by atoms with E-state index in [1.807, 2.05) is 19.0 Å². The number of carbonyl (C=O) groups excluding carboxylic acids is 1. The van der Waals surface area contributed by atoms with Crippen molar-refractivity contribution in [1.82, 2.24) is 4.90 Å². The smallest absolute Gasteiger partial charge is 0.338 e. The highest BCUT2D eigenvalue weighted by Crippen LogP contribution is 2.62. The van der Waals surface area contributed by atoms with Gasteiger partial charge < -0.3 is 14.7 Å². The van der Waals surface area contributed by atoms with Crippen molar-refractivity contribution in [3.8, 4) is 0 Å². The topological polar surface area (TPSA) is 49.8 Å². The second kappa shape index (κ2) is 4.49. The minimum atomic E-state index is -1.25. The predicted molar refractivity (Wildman–Crippen MR) is 69.1 cm³/mol. The van der Waals surface area contributed by atoms with E-state index in [0.29, 0.717) is 25.5 Å². The van der Waals surface area contributed by atoms with Crippen LogP contribution >= 0.6 is 0 Å². The number of ether oxygens (including phenoxy) is 1. The number of carbonyl (C=O) groups is 1. The Morgan fingerprint density at radius 1 is 1.44 bits per heavy atom. The highest BCUT2D eigenvalue weighted by molar-refractivity contribution is 5.80. The van der Waals surface area contributed by atoms with Crippen LogP contribution in [0, 0.1) is 17.3 Å². The van der Waals surface area contributed by atoms with Gasteiger partial charge in [0.15, 0.2) is 5.60 Å². The monoisotopic (exact) mass is 255 g/mol. The summed E-state index contributed by atoms with van der Waals surface area (Å²) in [6.07, 6.45) is 2.46. The first-order chi connectivity index (χ1) is 8.28. The fourth-order valence-electron chi connectivity index (χ4n) is 3.57. The average molecular weight is 255 g/mol. The minimum absolute atomic E-state index is 0.0654. The van der Waals surface area contributed by atoms with Crippen LogP contribution in [0.3, 0.4) is 0 Å². The van der Waals surface area contributed by atoms with E-state index in [9.17, 15) is 9.90 Å². The summed E-state index contributed by atoms with van der Waals surface area (Å²) in [5.74, 6) is 0.313. The number of hydrogen-bond donors (Lipinski definition) is 1. The third-order valence-corrected chi connectivity index (χ3v) is 5.05. The summed E-state index contributed by atoms with van der Waals surface area (Å²) in [6, 6.07) is 0. The standard InChI is InChI=1S/C14H25NO3/c1-13(2)10-5-6-14(17,11(13)9-10)12(16)18-8-7-15(3)4/h10-11,17H,5-9H2,1-4H3. The molecular weight excluding hydrogens is 230 g/mol. The Hall–Kier alpha value is -0.610. The van der Waals surface area contributed by atoms with E-state index in [1.54, 1.807) is 0 Å². The van der Waals surface area contributed by atoms with Crippen LogP contribution in [0.2, 0.25) is 0 Å². The molecule has 3 rings (SSSR count). The van der Waals surface area contributed by atoms with Gasteiger partial charge in [-0.05, 0) is 44.7 Å². The van der Waals surface area contributed by atoms with Crippen molar-refractivity contribution in [3.05, 3.63) is 0 Å². The first-order valence-corrected chi connectivity index (χ1v) is 6.83. The molecule has 0 aliphatic heterocycles. The van der Waals surface area contributed by atoms with E-state index in [0.717, 1.165) is 12.8 Å². The van der Waals surface area contributed by atoms with Crippen molar-refractivity contribution < 1.29 is 14.6 Å². The van der Waals surface area contributed by atoms with E-state index in [-0.39, 0.29) is 11.3 Å². The molecule has 2 bridgehead atoms. The Morgan fingerprint density at radius 2 is 2.11 bits per heavy atom. The van der Waals surface area contributed by atoms with Crippen LogP contribution in [0.4, 0.5) is 0 Å². The van der Waals surface area contributed by atoms with Gasteiger partial charge in [0.1, 0.15) is 6.61 Å². The van der Waals surface area contributed by atoms with Gasteiger partial charge in [-0.2, -0.15) is 0 Å². The normalized spacial score (nSPS) is 37.2. The van der Waals surface area contributed by atoms with Crippen molar-refractivity contribution >= 4 is 5.97 Å². The third-order valence-electron chi connectivity index (χ3n) is 5.05. The van der Waals surface area contributed by atoms with Crippen molar-refractivity contribution in [1.29, 1.82) is 0 Å². The summed E-state index contributed by atoms with van der Waals surface area (Å²) in [4.78, 5) is 14.1. The van der Waals surface area contributed by atoms with Gasteiger partial charge in [0.25, 0.3) is 0 Å². The Balaban J connectivity index is 1.96. The van der Waals surface area contributed by atoms with Crippen LogP contribution in [0.1, 0.15) is 33.1 Å². The Kier molecular flexibility index (Phi) is 3.45. The lowest BCUT2D eigenvalue weighted by Gasteiger charge is -2.62. The lowest BCUT2D eigenvalue weighted by atomic mass is 9.44. The summed E-state index contributed by atoms with van der Waals surface area (Å²) in [5.41, 5.74) is -1.17. The first-order valence-electron chi connectivity index (χ1n) is 6.83. The largest absolute Gasteiger partial charge is 0.462 e. The number of hydrogen-bond acceptors (Lipinski definition) is 4. The van der Waals surface area contributed by atoms with Gasteiger partial charge in [0.05, 0.1) is 0 Å². The van der Waals surface area contributed by atoms with Gasteiger partial charge in [-0.25, -0.2) is 4.79 Å². The SMILES string of the molecule is CN(C)CCOC(=O)C1(O)CCC2CC1C2(C)C. The molecule has 0 aromatic carbocycles. The van der Waals surface area contributed by atoms with Crippen LogP contribution in [0.5, 0.6) is 0 Å². The number of rotatable bonds is 4. The molecule has 4 heteroatoms. The maximum Gasteiger partial charge on any atom is 0.338 e. The predicted octanol–water partition coefficient (Wildman–Crippen LogP) is 1.28. The van der Waals surface area contributed by atoms with Crippen LogP contribution in [0.15, 0.2) is 0 Å². The molecule has 0 saturated heterocycles. The van der Waals surface area contributed by atoms with Gasteiger partial charge in [0, 0.05) is 12.5 Å². The maximum atomic E-state index is 12.1. The fourth-order valence-corrected chi connectivity index (χ4v) is 3.57. The van der Waals surface area contributed by atoms with Crippen molar-refractivity contribution in [2.24, 2.45) is 17.3 Å². The van der Waals surface area contributed by atoms with Gasteiger partial charge in [-0.1, -0.05) is 13.8 Å². The molecule has 0 aromatic heterocycles. The van der Waals surface area contributed by atoms with E-state index in [1.165, 1.54) is 0 Å². The lowest BCUT2D eigenvalue weighted by Crippen LogP contribution is -2.65. The molecule has 0 aromatic rings. The molecule has 3 atom stereocenters. The third kappa shape index (κ3) is 2.05. The molecule has 0 heterocycles. The van der Waals surface area contributed by atoms with Crippen LogP contribution < -0.4 is 0 Å². The van der Waals surface area contributed by atoms with Crippen molar-refractivity contribution in [3.63, 3.8) is 0 Å². The Labute approximate surface area is 109 Å². The molecule has 1 N–H and O–H groups in total. The molecule has 18 heavy (non-hydrogen) atoms. The number of aliphatic hydroxyl groups is 1. The summed E-state index contributed by atoms with van der Waals surface area (Å²) < 4.78 is 5.25. The van der Waals surface area contributed by atoms with Crippen molar-refractivity contribution in [2.45, 2.75) is 38.7 Å². The number of likely N-dealkylation sites (N-methyl/N-ethyl adjacent to an activating group) is 1. The van der Waals surface area contributed by atoms with Gasteiger partial charge in [-0.3, -0.25) is 0 Å². The molecule has 0 amide bonds. The van der Waals surface area contributed by atoms with E-state index in [4.69, 9.17) is 4.74 Å². The summed E-state index contributed by atoms with van der Waals surface area (Å²) in [7, 11) is 3.87. The van der Waals surface area contributed by atoms with Crippen LogP contribution in [-0.4, -0.2) is 48.8 Å². The fraction of sp³-hybridized carbons (Fsp3) is 0.929. The first kappa shape index (κ1) is 13.8. The van der Waals surface area contributed by atoms with Gasteiger partial charge in [-0.15, -0.1) is 0 Å². The summed E-state index contributed by atoms with van der Waals surface area (Å²) in [6.45, 7) is 5.36. The summed E-state index contributed by atoms with van der Waals surface area (Å²) in [5, 5.41) is 10.7. The zero-order chi connectivity index (χ0) is 13.6. The zero-order valence-corrected chi connectivity index (χ0v) is 11.9. The highest BCUT2D eigenvalue weighted by atomic mass is 16.5. The van der Waals surface area contributed by atoms with E-state index < -0.39 is 11.6 Å². The van der Waals surface area contributed by atoms with E-state index in [2.05, 4.69) is 13.8 Å². The second-order valence-corrected chi connectivity index (χ2v) is 6.71.